The topological polar surface area (TPSA) is 61.5 Å². The molecule has 0 radical (unpaired) electrons. The van der Waals surface area contributed by atoms with Gasteiger partial charge in [-0.25, -0.2) is 0 Å². The SMILES string of the molecule is C/C=C\CCCC(C)CCCOc1cc(CC(N)=O)cc(OCCCCCCCC/C=C\CC/C=C(/C)CCCC(C)CC)c1. The first-order valence-electron chi connectivity index (χ1n) is 18.4. The molecule has 45 heavy (non-hydrogen) atoms. The summed E-state index contributed by atoms with van der Waals surface area (Å²) < 4.78 is 12.1. The summed E-state index contributed by atoms with van der Waals surface area (Å²) >= 11 is 0. The van der Waals surface area contributed by atoms with Gasteiger partial charge in [0, 0.05) is 6.07 Å². The number of primary amides is 1. The molecule has 0 fully saturated rings. The van der Waals surface area contributed by atoms with Gasteiger partial charge >= 0.3 is 0 Å². The molecule has 4 heteroatoms. The van der Waals surface area contributed by atoms with Crippen LogP contribution in [-0.4, -0.2) is 19.1 Å². The Hall–Kier alpha value is -2.49. The van der Waals surface area contributed by atoms with E-state index < -0.39 is 0 Å². The zero-order chi connectivity index (χ0) is 33.0. The van der Waals surface area contributed by atoms with E-state index in [-0.39, 0.29) is 12.3 Å². The van der Waals surface area contributed by atoms with Crippen molar-refractivity contribution in [3.8, 4) is 11.5 Å². The van der Waals surface area contributed by atoms with E-state index in [1.54, 1.807) is 5.57 Å². The second-order valence-corrected chi connectivity index (χ2v) is 13.3. The van der Waals surface area contributed by atoms with Gasteiger partial charge in [-0.1, -0.05) is 102 Å². The Bertz CT molecular complexity index is 964. The molecule has 0 heterocycles. The van der Waals surface area contributed by atoms with Crippen molar-refractivity contribution in [3.63, 3.8) is 0 Å². The summed E-state index contributed by atoms with van der Waals surface area (Å²) in [6.07, 6.45) is 33.7. The molecule has 0 spiro atoms. The lowest BCUT2D eigenvalue weighted by molar-refractivity contribution is -0.117. The Morgan fingerprint density at radius 1 is 0.733 bits per heavy atom. The number of amides is 1. The molecule has 1 rings (SSSR count). The molecule has 0 saturated heterocycles. The Balaban J connectivity index is 2.19. The fourth-order valence-corrected chi connectivity index (χ4v) is 5.58. The third kappa shape index (κ3) is 24.4. The molecule has 0 aliphatic rings. The average Bonchev–Trinajstić information content (AvgIpc) is 3.01. The van der Waals surface area contributed by atoms with E-state index in [9.17, 15) is 4.79 Å². The highest BCUT2D eigenvalue weighted by atomic mass is 16.5. The van der Waals surface area contributed by atoms with Gasteiger partial charge in [0.1, 0.15) is 11.5 Å². The summed E-state index contributed by atoms with van der Waals surface area (Å²) in [4.78, 5) is 11.5. The summed E-state index contributed by atoms with van der Waals surface area (Å²) in [6, 6.07) is 5.79. The van der Waals surface area contributed by atoms with Gasteiger partial charge in [-0.15, -0.1) is 0 Å². The number of ether oxygens (including phenoxy) is 2. The van der Waals surface area contributed by atoms with E-state index >= 15 is 0 Å². The molecule has 4 nitrogen and oxygen atoms in total. The summed E-state index contributed by atoms with van der Waals surface area (Å²) in [5.74, 6) is 2.76. The highest BCUT2D eigenvalue weighted by Gasteiger charge is 2.08. The van der Waals surface area contributed by atoms with Crippen LogP contribution in [0.4, 0.5) is 0 Å². The number of benzene rings is 1. The van der Waals surface area contributed by atoms with Crippen molar-refractivity contribution < 1.29 is 14.3 Å². The van der Waals surface area contributed by atoms with E-state index in [2.05, 4.69) is 65.0 Å². The van der Waals surface area contributed by atoms with Gasteiger partial charge in [-0.3, -0.25) is 4.79 Å². The Labute approximate surface area is 278 Å². The molecule has 0 saturated carbocycles. The van der Waals surface area contributed by atoms with Crippen molar-refractivity contribution in [3.05, 3.63) is 59.7 Å². The fraction of sp³-hybridized carbons (Fsp3) is 0.683. The molecular formula is C41H69NO3. The number of hydrogen-bond acceptors (Lipinski definition) is 3. The number of nitrogens with two attached hydrogens (primary N) is 1. The van der Waals surface area contributed by atoms with Crippen molar-refractivity contribution in [2.75, 3.05) is 13.2 Å². The molecule has 2 N–H and O–H groups in total. The summed E-state index contributed by atoms with van der Waals surface area (Å²) in [5, 5.41) is 0. The largest absolute Gasteiger partial charge is 0.493 e. The number of carbonyl (C=O) groups is 1. The number of unbranched alkanes of at least 4 members (excludes halogenated alkanes) is 8. The quantitative estimate of drug-likeness (QED) is 0.0713. The van der Waals surface area contributed by atoms with Crippen LogP contribution in [0.15, 0.2) is 54.2 Å². The van der Waals surface area contributed by atoms with E-state index in [0.29, 0.717) is 19.1 Å². The van der Waals surface area contributed by atoms with Gasteiger partial charge in [-0.05, 0) is 114 Å². The molecular weight excluding hydrogens is 554 g/mol. The zero-order valence-electron chi connectivity index (χ0n) is 29.9. The third-order valence-electron chi connectivity index (χ3n) is 8.72. The van der Waals surface area contributed by atoms with Gasteiger partial charge < -0.3 is 15.2 Å². The van der Waals surface area contributed by atoms with Gasteiger partial charge in [0.05, 0.1) is 19.6 Å². The predicted octanol–water partition coefficient (Wildman–Crippen LogP) is 11.9. The van der Waals surface area contributed by atoms with E-state index in [1.807, 2.05) is 18.2 Å². The molecule has 256 valence electrons. The summed E-state index contributed by atoms with van der Waals surface area (Å²) in [7, 11) is 0. The minimum absolute atomic E-state index is 0.196. The Morgan fingerprint density at radius 2 is 1.33 bits per heavy atom. The first kappa shape index (κ1) is 40.5. The average molecular weight is 624 g/mol. The molecule has 0 aliphatic carbocycles. The Kier molecular flexibility index (Phi) is 25.0. The second kappa shape index (κ2) is 27.8. The van der Waals surface area contributed by atoms with Crippen LogP contribution in [0, 0.1) is 11.8 Å². The number of hydrogen-bond donors (Lipinski definition) is 1. The predicted molar refractivity (Wildman–Crippen MR) is 195 cm³/mol. The van der Waals surface area contributed by atoms with Gasteiger partial charge in [0.25, 0.3) is 0 Å². The van der Waals surface area contributed by atoms with Crippen molar-refractivity contribution in [1.82, 2.24) is 0 Å². The monoisotopic (exact) mass is 624 g/mol. The maximum absolute atomic E-state index is 11.5. The highest BCUT2D eigenvalue weighted by molar-refractivity contribution is 5.76. The molecule has 1 amide bonds. The summed E-state index contributed by atoms with van der Waals surface area (Å²) in [6.45, 7) is 12.7. The standard InChI is InChI=1S/C41H69NO3/c1-6-8-9-19-24-37(5)28-23-30-45-40-32-38(33-41(42)43)31-39(34-40)44-29-21-18-16-14-12-10-11-13-15-17-20-25-36(4)27-22-26-35(3)7-2/h6,8,13,15,25,31-32,34-35,37H,7,9-12,14,16-24,26-30,33H2,1-5H3,(H2,42,43)/b8-6-,15-13-,36-25-. The Morgan fingerprint density at radius 3 is 2.02 bits per heavy atom. The molecule has 0 aliphatic heterocycles. The second-order valence-electron chi connectivity index (χ2n) is 13.3. The molecule has 1 aromatic rings. The lowest BCUT2D eigenvalue weighted by Gasteiger charge is -2.14. The van der Waals surface area contributed by atoms with Crippen LogP contribution in [0.5, 0.6) is 11.5 Å². The van der Waals surface area contributed by atoms with Crippen LogP contribution in [-0.2, 0) is 11.2 Å². The van der Waals surface area contributed by atoms with Crippen LogP contribution >= 0.6 is 0 Å². The van der Waals surface area contributed by atoms with Crippen LogP contribution in [0.3, 0.4) is 0 Å². The van der Waals surface area contributed by atoms with Gasteiger partial charge in [-0.2, -0.15) is 0 Å². The molecule has 0 aromatic heterocycles. The van der Waals surface area contributed by atoms with E-state index in [1.165, 1.54) is 96.3 Å². The number of carbonyl (C=O) groups excluding carboxylic acids is 1. The minimum Gasteiger partial charge on any atom is -0.493 e. The third-order valence-corrected chi connectivity index (χ3v) is 8.72. The van der Waals surface area contributed by atoms with Crippen LogP contribution in [0.25, 0.3) is 0 Å². The summed E-state index contributed by atoms with van der Waals surface area (Å²) in [5.41, 5.74) is 7.88. The molecule has 2 unspecified atom stereocenters. The van der Waals surface area contributed by atoms with Crippen molar-refractivity contribution in [2.45, 2.75) is 157 Å². The maximum Gasteiger partial charge on any atom is 0.221 e. The van der Waals surface area contributed by atoms with Crippen molar-refractivity contribution in [1.29, 1.82) is 0 Å². The van der Waals surface area contributed by atoms with Gasteiger partial charge in [0.15, 0.2) is 0 Å². The van der Waals surface area contributed by atoms with E-state index in [4.69, 9.17) is 15.2 Å². The minimum atomic E-state index is -0.342. The lowest BCUT2D eigenvalue weighted by atomic mass is 9.99. The van der Waals surface area contributed by atoms with Crippen molar-refractivity contribution >= 4 is 5.91 Å². The van der Waals surface area contributed by atoms with Crippen LogP contribution in [0.2, 0.25) is 0 Å². The molecule has 0 bridgehead atoms. The molecule has 2 atom stereocenters. The van der Waals surface area contributed by atoms with Crippen molar-refractivity contribution in [2.24, 2.45) is 17.6 Å². The van der Waals surface area contributed by atoms with Crippen LogP contribution in [0.1, 0.15) is 156 Å². The first-order chi connectivity index (χ1) is 21.8. The lowest BCUT2D eigenvalue weighted by Crippen LogP contribution is -2.14. The smallest absolute Gasteiger partial charge is 0.221 e. The van der Waals surface area contributed by atoms with E-state index in [0.717, 1.165) is 42.2 Å². The maximum atomic E-state index is 11.5. The number of allylic oxidation sites excluding steroid dienone is 6. The highest BCUT2D eigenvalue weighted by Crippen LogP contribution is 2.25. The normalized spacial score (nSPS) is 13.5. The van der Waals surface area contributed by atoms with Crippen LogP contribution < -0.4 is 15.2 Å². The molecule has 1 aromatic carbocycles. The first-order valence-corrected chi connectivity index (χ1v) is 18.4. The fourth-order valence-electron chi connectivity index (χ4n) is 5.58. The zero-order valence-corrected chi connectivity index (χ0v) is 29.9. The number of rotatable bonds is 29. The van der Waals surface area contributed by atoms with Gasteiger partial charge in [0.2, 0.25) is 5.91 Å².